The molecule has 1 N–H and O–H groups in total. The molecule has 1 amide bonds. The van der Waals surface area contributed by atoms with Crippen LogP contribution in [0, 0.1) is 11.8 Å². The number of nitrogens with zero attached hydrogens (tertiary/aromatic N) is 2. The molecule has 1 aromatic rings. The predicted molar refractivity (Wildman–Crippen MR) is 86.6 cm³/mol. The molecule has 1 aliphatic rings. The van der Waals surface area contributed by atoms with E-state index < -0.39 is 0 Å². The van der Waals surface area contributed by atoms with Crippen LogP contribution >= 0.6 is 11.6 Å². The number of benzene rings is 1. The highest BCUT2D eigenvalue weighted by Crippen LogP contribution is 2.20. The van der Waals surface area contributed by atoms with E-state index >= 15 is 0 Å². The monoisotopic (exact) mass is 305 g/mol. The van der Waals surface area contributed by atoms with Crippen LogP contribution in [-0.4, -0.2) is 50.1 Å². The highest BCUT2D eigenvalue weighted by molar-refractivity contribution is 6.30. The third-order valence-corrected chi connectivity index (χ3v) is 3.73. The number of piperazine rings is 1. The molecule has 1 heterocycles. The van der Waals surface area contributed by atoms with Gasteiger partial charge in [0.15, 0.2) is 0 Å². The molecule has 0 atom stereocenters. The topological polar surface area (TPSA) is 35.6 Å². The standard InChI is InChI=1S/C16H20ClN3O/c1-2-4-16(21)18-7-8-19-9-11-20(12-10-19)15-6-3-5-14(17)13-15/h3,5-6,13H,7-12H2,1H3,(H,18,21). The molecule has 5 heteroatoms. The maximum Gasteiger partial charge on any atom is 0.295 e. The van der Waals surface area contributed by atoms with Crippen LogP contribution in [-0.2, 0) is 4.79 Å². The van der Waals surface area contributed by atoms with E-state index in [4.69, 9.17) is 11.6 Å². The zero-order chi connectivity index (χ0) is 15.1. The van der Waals surface area contributed by atoms with Gasteiger partial charge >= 0.3 is 0 Å². The van der Waals surface area contributed by atoms with Crippen molar-refractivity contribution in [2.24, 2.45) is 0 Å². The summed E-state index contributed by atoms with van der Waals surface area (Å²) in [6.07, 6.45) is 0. The van der Waals surface area contributed by atoms with E-state index in [1.54, 1.807) is 6.92 Å². The summed E-state index contributed by atoms with van der Waals surface area (Å²) in [4.78, 5) is 15.9. The lowest BCUT2D eigenvalue weighted by Crippen LogP contribution is -2.48. The summed E-state index contributed by atoms with van der Waals surface area (Å²) < 4.78 is 0. The van der Waals surface area contributed by atoms with Gasteiger partial charge in [-0.1, -0.05) is 23.6 Å². The van der Waals surface area contributed by atoms with Crippen molar-refractivity contribution in [3.63, 3.8) is 0 Å². The quantitative estimate of drug-likeness (QED) is 0.858. The summed E-state index contributed by atoms with van der Waals surface area (Å²) in [5, 5.41) is 3.57. The molecule has 0 aliphatic carbocycles. The van der Waals surface area contributed by atoms with Gasteiger partial charge < -0.3 is 10.2 Å². The molecule has 112 valence electrons. The normalized spacial score (nSPS) is 15.2. The third kappa shape index (κ3) is 4.96. The summed E-state index contributed by atoms with van der Waals surface area (Å²) in [5.41, 5.74) is 1.17. The number of carbonyl (C=O) groups excluding carboxylic acids is 1. The Morgan fingerprint density at radius 1 is 1.33 bits per heavy atom. The smallest absolute Gasteiger partial charge is 0.295 e. The number of hydrogen-bond acceptors (Lipinski definition) is 3. The molecule has 0 unspecified atom stereocenters. The summed E-state index contributed by atoms with van der Waals surface area (Å²) in [5.74, 6) is 4.87. The van der Waals surface area contributed by atoms with Gasteiger partial charge in [0.05, 0.1) is 0 Å². The average Bonchev–Trinajstić information content (AvgIpc) is 2.48. The minimum Gasteiger partial charge on any atom is -0.369 e. The number of amides is 1. The fraction of sp³-hybridized carbons (Fsp3) is 0.438. The van der Waals surface area contributed by atoms with Crippen LogP contribution in [0.4, 0.5) is 5.69 Å². The highest BCUT2D eigenvalue weighted by atomic mass is 35.5. The van der Waals surface area contributed by atoms with Crippen molar-refractivity contribution in [1.82, 2.24) is 10.2 Å². The Hall–Kier alpha value is -1.70. The molecule has 2 rings (SSSR count). The van der Waals surface area contributed by atoms with E-state index in [-0.39, 0.29) is 5.91 Å². The second-order valence-corrected chi connectivity index (χ2v) is 5.38. The molecule has 0 bridgehead atoms. The lowest BCUT2D eigenvalue weighted by molar-refractivity contribution is -0.115. The molecule has 0 radical (unpaired) electrons. The summed E-state index contributed by atoms with van der Waals surface area (Å²) >= 11 is 6.03. The first-order chi connectivity index (χ1) is 10.2. The average molecular weight is 306 g/mol. The number of carbonyl (C=O) groups is 1. The maximum atomic E-state index is 11.2. The first-order valence-electron chi connectivity index (χ1n) is 7.12. The van der Waals surface area contributed by atoms with Gasteiger partial charge in [0.2, 0.25) is 0 Å². The largest absolute Gasteiger partial charge is 0.369 e. The van der Waals surface area contributed by atoms with Gasteiger partial charge in [-0.25, -0.2) is 0 Å². The zero-order valence-electron chi connectivity index (χ0n) is 12.2. The van der Waals surface area contributed by atoms with Crippen molar-refractivity contribution in [2.45, 2.75) is 6.92 Å². The summed E-state index contributed by atoms with van der Waals surface area (Å²) in [6.45, 7) is 7.09. The van der Waals surface area contributed by atoms with Gasteiger partial charge in [-0.3, -0.25) is 9.69 Å². The Morgan fingerprint density at radius 2 is 2.10 bits per heavy atom. The van der Waals surface area contributed by atoms with Crippen LogP contribution in [0.2, 0.25) is 5.02 Å². The van der Waals surface area contributed by atoms with Crippen LogP contribution in [0.5, 0.6) is 0 Å². The van der Waals surface area contributed by atoms with Gasteiger partial charge in [0.25, 0.3) is 5.91 Å². The second kappa shape index (κ2) is 7.92. The number of nitrogens with one attached hydrogen (secondary N) is 1. The molecule has 1 aromatic carbocycles. The maximum absolute atomic E-state index is 11.2. The van der Waals surface area contributed by atoms with Crippen LogP contribution in [0.3, 0.4) is 0 Å². The van der Waals surface area contributed by atoms with E-state index in [1.165, 1.54) is 5.69 Å². The first-order valence-corrected chi connectivity index (χ1v) is 7.50. The van der Waals surface area contributed by atoms with Gasteiger partial charge in [0.1, 0.15) is 0 Å². The Bertz CT molecular complexity index is 542. The Kier molecular flexibility index (Phi) is 5.91. The summed E-state index contributed by atoms with van der Waals surface area (Å²) in [6, 6.07) is 7.96. The predicted octanol–water partition coefficient (Wildman–Crippen LogP) is 1.60. The molecule has 21 heavy (non-hydrogen) atoms. The van der Waals surface area contributed by atoms with Crippen molar-refractivity contribution in [3.8, 4) is 11.8 Å². The molecular weight excluding hydrogens is 286 g/mol. The van der Waals surface area contributed by atoms with Crippen LogP contribution in [0.1, 0.15) is 6.92 Å². The highest BCUT2D eigenvalue weighted by Gasteiger charge is 2.16. The van der Waals surface area contributed by atoms with E-state index in [2.05, 4.69) is 33.0 Å². The molecule has 0 spiro atoms. The molecule has 1 saturated heterocycles. The van der Waals surface area contributed by atoms with E-state index in [9.17, 15) is 4.79 Å². The van der Waals surface area contributed by atoms with Crippen molar-refractivity contribution in [1.29, 1.82) is 0 Å². The van der Waals surface area contributed by atoms with Gasteiger partial charge in [-0.05, 0) is 31.0 Å². The van der Waals surface area contributed by atoms with E-state index in [1.807, 2.05) is 18.2 Å². The van der Waals surface area contributed by atoms with Crippen molar-refractivity contribution in [3.05, 3.63) is 29.3 Å². The minimum absolute atomic E-state index is 0.199. The lowest BCUT2D eigenvalue weighted by atomic mass is 10.2. The van der Waals surface area contributed by atoms with Gasteiger partial charge in [0, 0.05) is 50.0 Å². The van der Waals surface area contributed by atoms with Gasteiger partial charge in [-0.15, -0.1) is 0 Å². The van der Waals surface area contributed by atoms with Crippen molar-refractivity contribution >= 4 is 23.2 Å². The molecule has 1 aliphatic heterocycles. The SMILES string of the molecule is CC#CC(=O)NCCN1CCN(c2cccc(Cl)c2)CC1. The molecule has 0 saturated carbocycles. The Balaban J connectivity index is 1.73. The zero-order valence-corrected chi connectivity index (χ0v) is 13.0. The van der Waals surface area contributed by atoms with Crippen molar-refractivity contribution < 1.29 is 4.79 Å². The van der Waals surface area contributed by atoms with Crippen LogP contribution in [0.15, 0.2) is 24.3 Å². The van der Waals surface area contributed by atoms with Crippen LogP contribution < -0.4 is 10.2 Å². The lowest BCUT2D eigenvalue weighted by Gasteiger charge is -2.36. The molecule has 1 fully saturated rings. The molecular formula is C16H20ClN3O. The minimum atomic E-state index is -0.199. The second-order valence-electron chi connectivity index (χ2n) is 4.94. The number of rotatable bonds is 4. The third-order valence-electron chi connectivity index (χ3n) is 3.50. The Labute approximate surface area is 131 Å². The first kappa shape index (κ1) is 15.7. The fourth-order valence-electron chi connectivity index (χ4n) is 2.39. The number of anilines is 1. The van der Waals surface area contributed by atoms with Gasteiger partial charge in [-0.2, -0.15) is 0 Å². The van der Waals surface area contributed by atoms with E-state index in [0.717, 1.165) is 37.7 Å². The van der Waals surface area contributed by atoms with E-state index in [0.29, 0.717) is 6.54 Å². The number of halogens is 1. The Morgan fingerprint density at radius 3 is 2.76 bits per heavy atom. The summed E-state index contributed by atoms with van der Waals surface area (Å²) in [7, 11) is 0. The molecule has 4 nitrogen and oxygen atoms in total. The number of hydrogen-bond donors (Lipinski definition) is 1. The fourth-order valence-corrected chi connectivity index (χ4v) is 2.57. The van der Waals surface area contributed by atoms with Crippen molar-refractivity contribution in [2.75, 3.05) is 44.2 Å². The van der Waals surface area contributed by atoms with Crippen LogP contribution in [0.25, 0.3) is 0 Å². The molecule has 0 aromatic heterocycles.